The first-order valence-corrected chi connectivity index (χ1v) is 23.1. The third-order valence-electron chi connectivity index (χ3n) is 14.9. The van der Waals surface area contributed by atoms with Crippen LogP contribution in [0.4, 0.5) is 11.4 Å². The Hall–Kier alpha value is -7.94. The maximum Gasteiger partial charge on any atom is 0.139 e. The molecule has 4 aliphatic carbocycles. The van der Waals surface area contributed by atoms with Crippen molar-refractivity contribution in [1.29, 1.82) is 0 Å². The van der Waals surface area contributed by atoms with Crippen LogP contribution in [0.1, 0.15) is 52.3 Å². The molecule has 0 bridgehead atoms. The van der Waals surface area contributed by atoms with Crippen LogP contribution in [-0.2, 0) is 11.8 Å². The van der Waals surface area contributed by atoms with Crippen molar-refractivity contribution >= 4 is 38.7 Å². The van der Waals surface area contributed by atoms with E-state index in [1.165, 1.54) is 105 Å². The Labute approximate surface area is 379 Å². The number of anilines is 2. The van der Waals surface area contributed by atoms with Crippen LogP contribution in [-0.4, -0.2) is 0 Å². The number of hydrogen-bond donors (Lipinski definition) is 0. The Morgan fingerprint density at radius 1 is 0.492 bits per heavy atom. The molecule has 65 heavy (non-hydrogen) atoms. The molecular weight excluding hydrogens is 787 g/mol. The summed E-state index contributed by atoms with van der Waals surface area (Å²) in [6.07, 6.45) is 7.65. The molecule has 1 heterocycles. The molecule has 1 spiro atoms. The highest BCUT2D eigenvalue weighted by atomic mass is 16.3. The Kier molecular flexibility index (Phi) is 7.89. The van der Waals surface area contributed by atoms with E-state index in [9.17, 15) is 0 Å². The van der Waals surface area contributed by atoms with Crippen molar-refractivity contribution in [2.75, 3.05) is 4.90 Å². The standard InChI is InChI=1S/C63H43NO/c1-2-19-41(20-3-1)44-22-11-15-33-56(44)64(57-34-17-32-55-61(57)50-27-10-14-31-54(50)63(55)52-29-12-8-23-46(52)47-24-9-13-30-53(47)63)58-39-51-60-45(43-37-36-40-18-4-5-21-42(40)38-43)28-16-35-59(60)65-62(51)49-26-7-6-25-48(49)58/h1-9,11-26,28-38,58H,10,27,39H2. The van der Waals surface area contributed by atoms with Gasteiger partial charge in [-0.2, -0.15) is 0 Å². The zero-order valence-corrected chi connectivity index (χ0v) is 35.8. The number of rotatable bonds is 5. The van der Waals surface area contributed by atoms with Gasteiger partial charge in [0, 0.05) is 45.4 Å². The number of para-hydroxylation sites is 1. The average Bonchev–Trinajstić information content (AvgIpc) is 4.02. The van der Waals surface area contributed by atoms with Gasteiger partial charge in [0.15, 0.2) is 0 Å². The largest absolute Gasteiger partial charge is 0.456 e. The van der Waals surface area contributed by atoms with Crippen molar-refractivity contribution in [3.8, 4) is 44.7 Å². The van der Waals surface area contributed by atoms with E-state index in [-0.39, 0.29) is 6.04 Å². The van der Waals surface area contributed by atoms with E-state index in [0.29, 0.717) is 0 Å². The summed E-state index contributed by atoms with van der Waals surface area (Å²) in [7, 11) is 0. The lowest BCUT2D eigenvalue weighted by molar-refractivity contribution is 0.603. The molecule has 10 aromatic rings. The summed E-state index contributed by atoms with van der Waals surface area (Å²) in [5.74, 6) is 0.982. The van der Waals surface area contributed by atoms with Gasteiger partial charge >= 0.3 is 0 Å². The highest BCUT2D eigenvalue weighted by molar-refractivity contribution is 6.04. The maximum atomic E-state index is 7.04. The van der Waals surface area contributed by atoms with Gasteiger partial charge in [-0.3, -0.25) is 0 Å². The highest BCUT2D eigenvalue weighted by Crippen LogP contribution is 2.65. The third kappa shape index (κ3) is 5.11. The van der Waals surface area contributed by atoms with E-state index in [0.717, 1.165) is 36.2 Å². The van der Waals surface area contributed by atoms with Crippen molar-refractivity contribution in [3.05, 3.63) is 257 Å². The monoisotopic (exact) mass is 829 g/mol. The SMILES string of the molecule is C1=CC2=C(CC1)c1c(N(c3ccccc3-c3ccccc3)C3Cc4c(oc5cccc(-c6ccc7ccccc7c6)c45)-c4ccccc43)cccc1C21c2ccccc2-c2ccccc21. The van der Waals surface area contributed by atoms with Crippen LogP contribution in [0.25, 0.3) is 72.0 Å². The summed E-state index contributed by atoms with van der Waals surface area (Å²) in [5.41, 5.74) is 22.5. The summed E-state index contributed by atoms with van der Waals surface area (Å²) >= 11 is 0. The van der Waals surface area contributed by atoms with Crippen LogP contribution >= 0.6 is 0 Å². The fourth-order valence-corrected chi connectivity index (χ4v) is 12.4. The van der Waals surface area contributed by atoms with Gasteiger partial charge in [0.1, 0.15) is 11.3 Å². The van der Waals surface area contributed by atoms with E-state index in [4.69, 9.17) is 4.42 Å². The summed E-state index contributed by atoms with van der Waals surface area (Å²) in [6, 6.07) is 76.6. The van der Waals surface area contributed by atoms with Gasteiger partial charge in [0.25, 0.3) is 0 Å². The molecule has 9 aromatic carbocycles. The van der Waals surface area contributed by atoms with Gasteiger partial charge in [0.2, 0.25) is 0 Å². The van der Waals surface area contributed by atoms with E-state index in [2.05, 4.69) is 223 Å². The minimum absolute atomic E-state index is 0.0663. The smallest absolute Gasteiger partial charge is 0.139 e. The van der Waals surface area contributed by atoms with Crippen LogP contribution in [0, 0.1) is 0 Å². The molecule has 2 nitrogen and oxygen atoms in total. The number of hydrogen-bond acceptors (Lipinski definition) is 2. The van der Waals surface area contributed by atoms with Gasteiger partial charge in [-0.1, -0.05) is 194 Å². The van der Waals surface area contributed by atoms with Gasteiger partial charge < -0.3 is 9.32 Å². The van der Waals surface area contributed by atoms with E-state index in [1.807, 2.05) is 0 Å². The molecule has 0 aliphatic heterocycles. The second-order valence-electron chi connectivity index (χ2n) is 18.1. The molecular formula is C63H43NO. The van der Waals surface area contributed by atoms with E-state index < -0.39 is 5.41 Å². The van der Waals surface area contributed by atoms with Crippen LogP contribution < -0.4 is 4.90 Å². The van der Waals surface area contributed by atoms with E-state index in [1.54, 1.807) is 0 Å². The fraction of sp³-hybridized carbons (Fsp3) is 0.0794. The quantitative estimate of drug-likeness (QED) is 0.172. The van der Waals surface area contributed by atoms with Gasteiger partial charge in [-0.25, -0.2) is 0 Å². The molecule has 4 aliphatic rings. The summed E-state index contributed by atoms with van der Waals surface area (Å²) < 4.78 is 7.04. The number of fused-ring (bicyclic) bond motifs is 15. The normalized spacial score (nSPS) is 16.0. The lowest BCUT2D eigenvalue weighted by Gasteiger charge is -2.40. The van der Waals surface area contributed by atoms with Gasteiger partial charge in [-0.05, 0) is 109 Å². The fourth-order valence-electron chi connectivity index (χ4n) is 12.4. The second-order valence-corrected chi connectivity index (χ2v) is 18.1. The maximum absolute atomic E-state index is 7.04. The summed E-state index contributed by atoms with van der Waals surface area (Å²) in [5, 5.41) is 3.68. The number of nitrogens with zero attached hydrogens (tertiary/aromatic N) is 1. The first-order valence-electron chi connectivity index (χ1n) is 23.1. The molecule has 306 valence electrons. The zero-order chi connectivity index (χ0) is 42.6. The molecule has 0 radical (unpaired) electrons. The first kappa shape index (κ1) is 36.5. The molecule has 14 rings (SSSR count). The summed E-state index contributed by atoms with van der Waals surface area (Å²) in [4.78, 5) is 2.73. The second kappa shape index (κ2) is 14.0. The zero-order valence-electron chi connectivity index (χ0n) is 35.8. The Morgan fingerprint density at radius 2 is 1.14 bits per heavy atom. The lowest BCUT2D eigenvalue weighted by Crippen LogP contribution is -2.30. The molecule has 0 fully saturated rings. The molecule has 1 atom stereocenters. The minimum atomic E-state index is -0.414. The Balaban J connectivity index is 1.05. The minimum Gasteiger partial charge on any atom is -0.456 e. The number of allylic oxidation sites excluding steroid dienone is 4. The van der Waals surface area contributed by atoms with Crippen LogP contribution in [0.15, 0.2) is 228 Å². The molecule has 1 unspecified atom stereocenters. The topological polar surface area (TPSA) is 16.4 Å². The predicted molar refractivity (Wildman–Crippen MR) is 269 cm³/mol. The number of benzene rings is 9. The first-order chi connectivity index (χ1) is 32.3. The Morgan fingerprint density at radius 3 is 1.97 bits per heavy atom. The van der Waals surface area contributed by atoms with Crippen LogP contribution in [0.3, 0.4) is 0 Å². The van der Waals surface area contributed by atoms with Crippen LogP contribution in [0.5, 0.6) is 0 Å². The van der Waals surface area contributed by atoms with Gasteiger partial charge in [-0.15, -0.1) is 0 Å². The van der Waals surface area contributed by atoms with Crippen molar-refractivity contribution < 1.29 is 4.42 Å². The molecule has 0 N–H and O–H groups in total. The van der Waals surface area contributed by atoms with Crippen molar-refractivity contribution in [2.45, 2.75) is 30.7 Å². The van der Waals surface area contributed by atoms with Crippen LogP contribution in [0.2, 0.25) is 0 Å². The third-order valence-corrected chi connectivity index (χ3v) is 14.9. The number of furan rings is 1. The van der Waals surface area contributed by atoms with Crippen molar-refractivity contribution in [2.24, 2.45) is 0 Å². The lowest BCUT2D eigenvalue weighted by atomic mass is 9.69. The van der Waals surface area contributed by atoms with Crippen molar-refractivity contribution in [1.82, 2.24) is 0 Å². The van der Waals surface area contributed by atoms with Gasteiger partial charge in [0.05, 0.1) is 11.5 Å². The highest BCUT2D eigenvalue weighted by Gasteiger charge is 2.53. The summed E-state index contributed by atoms with van der Waals surface area (Å²) in [6.45, 7) is 0. The molecule has 0 saturated heterocycles. The Bertz CT molecular complexity index is 3610. The van der Waals surface area contributed by atoms with Crippen molar-refractivity contribution in [3.63, 3.8) is 0 Å². The molecule has 1 aromatic heterocycles. The predicted octanol–water partition coefficient (Wildman–Crippen LogP) is 16.5. The average molecular weight is 830 g/mol. The molecule has 2 heteroatoms. The molecule has 0 amide bonds. The van der Waals surface area contributed by atoms with E-state index >= 15 is 0 Å². The molecule has 0 saturated carbocycles.